The monoisotopic (exact) mass is 140 g/mol. The van der Waals surface area contributed by atoms with E-state index in [0.29, 0.717) is 5.84 Å². The Morgan fingerprint density at radius 1 is 1.90 bits per heavy atom. The molecule has 3 heteroatoms. The summed E-state index contributed by atoms with van der Waals surface area (Å²) in [5.74, 6) is 0.487. The Morgan fingerprint density at radius 3 is 3.10 bits per heavy atom. The molecule has 0 bridgehead atoms. The number of aliphatic hydroxyl groups is 1. The third kappa shape index (κ3) is 1.36. The number of aliphatic imine (C=N–C) groups is 1. The summed E-state index contributed by atoms with van der Waals surface area (Å²) in [6, 6.07) is 0.273. The Hall–Kier alpha value is -0.830. The average molecular weight is 140 g/mol. The van der Waals surface area contributed by atoms with Crippen molar-refractivity contribution in [3.63, 3.8) is 0 Å². The van der Waals surface area contributed by atoms with Gasteiger partial charge in [-0.1, -0.05) is 6.08 Å². The van der Waals surface area contributed by atoms with E-state index >= 15 is 0 Å². The minimum absolute atomic E-state index is 0.00204. The van der Waals surface area contributed by atoms with Gasteiger partial charge >= 0.3 is 0 Å². The van der Waals surface area contributed by atoms with Gasteiger partial charge in [0.15, 0.2) is 0 Å². The summed E-state index contributed by atoms with van der Waals surface area (Å²) in [5.41, 5.74) is 6.26. The van der Waals surface area contributed by atoms with Crippen LogP contribution < -0.4 is 5.73 Å². The van der Waals surface area contributed by atoms with Crippen LogP contribution in [0.25, 0.3) is 0 Å². The van der Waals surface area contributed by atoms with E-state index in [1.807, 2.05) is 13.0 Å². The molecule has 1 heterocycles. The van der Waals surface area contributed by atoms with E-state index in [9.17, 15) is 0 Å². The molecule has 0 radical (unpaired) electrons. The first-order valence-corrected chi connectivity index (χ1v) is 3.37. The van der Waals surface area contributed by atoms with Crippen LogP contribution >= 0.6 is 0 Å². The van der Waals surface area contributed by atoms with Crippen LogP contribution in [0.3, 0.4) is 0 Å². The number of dihydropyridines is 1. The number of amidine groups is 1. The predicted molar refractivity (Wildman–Crippen MR) is 40.9 cm³/mol. The summed E-state index contributed by atoms with van der Waals surface area (Å²) in [7, 11) is 0. The maximum Gasteiger partial charge on any atom is 0.123 e. The second-order valence-electron chi connectivity index (χ2n) is 2.49. The number of nitrogens with two attached hydrogens (primary N) is 1. The summed E-state index contributed by atoms with van der Waals surface area (Å²) in [6.45, 7) is 2.00. The molecule has 3 nitrogen and oxygen atoms in total. The summed E-state index contributed by atoms with van der Waals surface area (Å²) in [5, 5.41) is 8.72. The highest BCUT2D eigenvalue weighted by Crippen LogP contribution is 2.09. The predicted octanol–water partition coefficient (Wildman–Crippen LogP) is 0.0545. The van der Waals surface area contributed by atoms with Crippen LogP contribution in [0.5, 0.6) is 0 Å². The topological polar surface area (TPSA) is 58.6 Å². The zero-order valence-corrected chi connectivity index (χ0v) is 6.04. The van der Waals surface area contributed by atoms with Crippen molar-refractivity contribution in [2.24, 2.45) is 10.7 Å². The molecule has 0 aliphatic carbocycles. The molecule has 0 saturated carbocycles. The first kappa shape index (κ1) is 7.28. The molecule has 56 valence electrons. The van der Waals surface area contributed by atoms with Gasteiger partial charge in [0.25, 0.3) is 0 Å². The number of aliphatic hydroxyl groups excluding tert-OH is 1. The van der Waals surface area contributed by atoms with Crippen molar-refractivity contribution in [1.82, 2.24) is 0 Å². The Bertz CT molecular complexity index is 184. The molecule has 0 aromatic heterocycles. The lowest BCUT2D eigenvalue weighted by molar-refractivity contribution is 0.335. The standard InChI is InChI=1S/C7H12N2O/c1-5-2-3-6(4-10)7(8)9-5/h3,5,10H,2,4H2,1H3,(H2,8,9). The highest BCUT2D eigenvalue weighted by Gasteiger charge is 2.09. The minimum Gasteiger partial charge on any atom is -0.392 e. The van der Waals surface area contributed by atoms with Crippen molar-refractivity contribution in [2.75, 3.05) is 6.61 Å². The van der Waals surface area contributed by atoms with Gasteiger partial charge in [-0.25, -0.2) is 0 Å². The zero-order valence-electron chi connectivity index (χ0n) is 6.04. The van der Waals surface area contributed by atoms with Crippen molar-refractivity contribution in [1.29, 1.82) is 0 Å². The van der Waals surface area contributed by atoms with Crippen molar-refractivity contribution < 1.29 is 5.11 Å². The third-order valence-corrected chi connectivity index (χ3v) is 1.56. The summed E-state index contributed by atoms with van der Waals surface area (Å²) in [6.07, 6.45) is 2.82. The molecular weight excluding hydrogens is 128 g/mol. The lowest BCUT2D eigenvalue weighted by Gasteiger charge is -2.13. The van der Waals surface area contributed by atoms with Gasteiger partial charge in [0, 0.05) is 5.57 Å². The average Bonchev–Trinajstić information content (AvgIpc) is 1.88. The lowest BCUT2D eigenvalue weighted by Crippen LogP contribution is -2.23. The molecule has 1 aliphatic rings. The molecule has 0 fully saturated rings. The van der Waals surface area contributed by atoms with E-state index in [0.717, 1.165) is 12.0 Å². The number of hydrogen-bond acceptors (Lipinski definition) is 3. The smallest absolute Gasteiger partial charge is 0.123 e. The quantitative estimate of drug-likeness (QED) is 0.541. The molecule has 10 heavy (non-hydrogen) atoms. The number of nitrogens with zero attached hydrogens (tertiary/aromatic N) is 1. The minimum atomic E-state index is 0.00204. The van der Waals surface area contributed by atoms with Crippen LogP contribution in [0, 0.1) is 0 Å². The number of hydrogen-bond donors (Lipinski definition) is 2. The molecule has 0 aromatic carbocycles. The first-order chi connectivity index (χ1) is 4.74. The number of rotatable bonds is 1. The van der Waals surface area contributed by atoms with Crippen LogP contribution in [-0.2, 0) is 0 Å². The SMILES string of the molecule is CC1CC=C(CO)C(N)=N1. The molecule has 1 rings (SSSR count). The normalized spacial score (nSPS) is 25.6. The highest BCUT2D eigenvalue weighted by atomic mass is 16.3. The molecule has 0 aromatic rings. The Kier molecular flexibility index (Phi) is 2.06. The second-order valence-corrected chi connectivity index (χ2v) is 2.49. The first-order valence-electron chi connectivity index (χ1n) is 3.37. The van der Waals surface area contributed by atoms with Gasteiger partial charge in [0.2, 0.25) is 0 Å². The maximum absolute atomic E-state index is 8.72. The van der Waals surface area contributed by atoms with E-state index in [1.54, 1.807) is 0 Å². The van der Waals surface area contributed by atoms with Gasteiger partial charge in [-0.05, 0) is 13.3 Å². The van der Waals surface area contributed by atoms with Crippen molar-refractivity contribution in [3.8, 4) is 0 Å². The van der Waals surface area contributed by atoms with Crippen LogP contribution in [-0.4, -0.2) is 23.6 Å². The van der Waals surface area contributed by atoms with E-state index in [2.05, 4.69) is 4.99 Å². The van der Waals surface area contributed by atoms with Crippen LogP contribution in [0.4, 0.5) is 0 Å². The van der Waals surface area contributed by atoms with E-state index < -0.39 is 0 Å². The molecule has 0 saturated heterocycles. The lowest BCUT2D eigenvalue weighted by atomic mass is 10.1. The van der Waals surface area contributed by atoms with E-state index in [1.165, 1.54) is 0 Å². The van der Waals surface area contributed by atoms with Crippen molar-refractivity contribution >= 4 is 5.84 Å². The van der Waals surface area contributed by atoms with Crippen molar-refractivity contribution in [3.05, 3.63) is 11.6 Å². The summed E-state index contributed by atoms with van der Waals surface area (Å²) in [4.78, 5) is 4.10. The van der Waals surface area contributed by atoms with Crippen LogP contribution in [0.15, 0.2) is 16.6 Å². The maximum atomic E-state index is 8.72. The van der Waals surface area contributed by atoms with Gasteiger partial charge in [-0.2, -0.15) is 0 Å². The molecular formula is C7H12N2O. The Balaban J connectivity index is 2.71. The van der Waals surface area contributed by atoms with Crippen molar-refractivity contribution in [2.45, 2.75) is 19.4 Å². The molecule has 3 N–H and O–H groups in total. The Labute approximate surface area is 60.3 Å². The Morgan fingerprint density at radius 2 is 2.60 bits per heavy atom. The fraction of sp³-hybridized carbons (Fsp3) is 0.571. The third-order valence-electron chi connectivity index (χ3n) is 1.56. The zero-order chi connectivity index (χ0) is 7.56. The van der Waals surface area contributed by atoms with Gasteiger partial charge in [-0.3, -0.25) is 4.99 Å². The van der Waals surface area contributed by atoms with Gasteiger partial charge in [0.1, 0.15) is 5.84 Å². The highest BCUT2D eigenvalue weighted by molar-refractivity contribution is 5.97. The van der Waals surface area contributed by atoms with E-state index in [4.69, 9.17) is 10.8 Å². The fourth-order valence-electron chi connectivity index (χ4n) is 0.936. The van der Waals surface area contributed by atoms with Crippen LogP contribution in [0.2, 0.25) is 0 Å². The van der Waals surface area contributed by atoms with Gasteiger partial charge in [-0.15, -0.1) is 0 Å². The van der Waals surface area contributed by atoms with Gasteiger partial charge in [0.05, 0.1) is 12.6 Å². The second kappa shape index (κ2) is 2.84. The van der Waals surface area contributed by atoms with Gasteiger partial charge < -0.3 is 10.8 Å². The molecule has 1 aliphatic heterocycles. The summed E-state index contributed by atoms with van der Waals surface area (Å²) < 4.78 is 0. The molecule has 1 unspecified atom stereocenters. The fourth-order valence-corrected chi connectivity index (χ4v) is 0.936. The van der Waals surface area contributed by atoms with Crippen LogP contribution in [0.1, 0.15) is 13.3 Å². The summed E-state index contributed by atoms with van der Waals surface area (Å²) >= 11 is 0. The molecule has 1 atom stereocenters. The van der Waals surface area contributed by atoms with E-state index in [-0.39, 0.29) is 12.6 Å². The molecule has 0 amide bonds. The largest absolute Gasteiger partial charge is 0.392 e. The molecule has 0 spiro atoms.